The molecule has 0 unspecified atom stereocenters. The van der Waals surface area contributed by atoms with Gasteiger partial charge in [0.1, 0.15) is 10.6 Å². The Balaban J connectivity index is 2.88. The Morgan fingerprint density at radius 2 is 2.06 bits per heavy atom. The van der Waals surface area contributed by atoms with Gasteiger partial charge in [-0.25, -0.2) is 4.79 Å². The predicted molar refractivity (Wildman–Crippen MR) is 63.1 cm³/mol. The molecule has 0 saturated heterocycles. The molecule has 0 aliphatic rings. The SMILES string of the molecule is CCCCOC(=O)c1ccc(S(=O)(=O)O)c(O)c1. The minimum absolute atomic E-state index is 0.0241. The van der Waals surface area contributed by atoms with Crippen molar-refractivity contribution in [3.8, 4) is 5.75 Å². The molecule has 0 saturated carbocycles. The first kappa shape index (κ1) is 14.5. The molecule has 0 spiro atoms. The van der Waals surface area contributed by atoms with Gasteiger partial charge in [-0.2, -0.15) is 8.42 Å². The van der Waals surface area contributed by atoms with Crippen molar-refractivity contribution in [2.45, 2.75) is 24.7 Å². The molecule has 0 bridgehead atoms. The molecular weight excluding hydrogens is 260 g/mol. The van der Waals surface area contributed by atoms with E-state index in [0.717, 1.165) is 31.0 Å². The lowest BCUT2D eigenvalue weighted by atomic mass is 10.2. The van der Waals surface area contributed by atoms with Crippen molar-refractivity contribution >= 4 is 16.1 Å². The van der Waals surface area contributed by atoms with Crippen LogP contribution in [-0.2, 0) is 14.9 Å². The molecule has 0 aliphatic carbocycles. The number of hydrogen-bond acceptors (Lipinski definition) is 5. The van der Waals surface area contributed by atoms with Crippen LogP contribution in [-0.4, -0.2) is 30.7 Å². The zero-order valence-electron chi connectivity index (χ0n) is 9.79. The molecule has 0 fully saturated rings. The zero-order chi connectivity index (χ0) is 13.8. The van der Waals surface area contributed by atoms with Gasteiger partial charge in [0.2, 0.25) is 0 Å². The summed E-state index contributed by atoms with van der Waals surface area (Å²) in [6, 6.07) is 3.05. The maximum absolute atomic E-state index is 11.5. The van der Waals surface area contributed by atoms with Gasteiger partial charge in [0.05, 0.1) is 12.2 Å². The Kier molecular flexibility index (Phi) is 4.69. The zero-order valence-corrected chi connectivity index (χ0v) is 10.6. The van der Waals surface area contributed by atoms with E-state index >= 15 is 0 Å². The number of esters is 1. The van der Waals surface area contributed by atoms with Crippen LogP contribution in [0.15, 0.2) is 23.1 Å². The monoisotopic (exact) mass is 274 g/mol. The summed E-state index contributed by atoms with van der Waals surface area (Å²) < 4.78 is 35.3. The lowest BCUT2D eigenvalue weighted by Gasteiger charge is -2.06. The first-order valence-corrected chi connectivity index (χ1v) is 6.78. The number of carbonyl (C=O) groups excluding carboxylic acids is 1. The summed E-state index contributed by atoms with van der Waals surface area (Å²) in [6.07, 6.45) is 1.60. The summed E-state index contributed by atoms with van der Waals surface area (Å²) >= 11 is 0. The number of aromatic hydroxyl groups is 1. The van der Waals surface area contributed by atoms with Gasteiger partial charge in [-0.3, -0.25) is 4.55 Å². The third kappa shape index (κ3) is 3.71. The van der Waals surface area contributed by atoms with Crippen molar-refractivity contribution in [3.63, 3.8) is 0 Å². The van der Waals surface area contributed by atoms with E-state index in [4.69, 9.17) is 9.29 Å². The second kappa shape index (κ2) is 5.83. The average Bonchev–Trinajstić information content (AvgIpc) is 2.27. The van der Waals surface area contributed by atoms with Crippen LogP contribution in [0.2, 0.25) is 0 Å². The number of carbonyl (C=O) groups is 1. The lowest BCUT2D eigenvalue weighted by molar-refractivity contribution is 0.0499. The van der Waals surface area contributed by atoms with E-state index in [1.54, 1.807) is 0 Å². The van der Waals surface area contributed by atoms with E-state index < -0.39 is 26.7 Å². The predicted octanol–water partition coefficient (Wildman–Crippen LogP) is 1.60. The van der Waals surface area contributed by atoms with Crippen molar-refractivity contribution in [1.82, 2.24) is 0 Å². The second-order valence-electron chi connectivity index (χ2n) is 3.65. The van der Waals surface area contributed by atoms with Crippen LogP contribution in [0, 0.1) is 0 Å². The second-order valence-corrected chi connectivity index (χ2v) is 5.04. The summed E-state index contributed by atoms with van der Waals surface area (Å²) in [5.74, 6) is -1.34. The van der Waals surface area contributed by atoms with Gasteiger partial charge in [0, 0.05) is 0 Å². The van der Waals surface area contributed by atoms with Crippen molar-refractivity contribution < 1.29 is 27.6 Å². The van der Waals surface area contributed by atoms with E-state index in [-0.39, 0.29) is 12.2 Å². The largest absolute Gasteiger partial charge is 0.506 e. The first-order valence-electron chi connectivity index (χ1n) is 5.34. The van der Waals surface area contributed by atoms with Gasteiger partial charge in [0.15, 0.2) is 0 Å². The summed E-state index contributed by atoms with van der Waals surface area (Å²) in [5, 5.41) is 9.40. The van der Waals surface area contributed by atoms with Gasteiger partial charge >= 0.3 is 5.97 Å². The van der Waals surface area contributed by atoms with Gasteiger partial charge < -0.3 is 9.84 Å². The van der Waals surface area contributed by atoms with Gasteiger partial charge in [0.25, 0.3) is 10.1 Å². The highest BCUT2D eigenvalue weighted by atomic mass is 32.2. The third-order valence-electron chi connectivity index (χ3n) is 2.20. The summed E-state index contributed by atoms with van der Waals surface area (Å²) in [6.45, 7) is 2.21. The standard InChI is InChI=1S/C11H14O6S/c1-2-3-6-17-11(13)8-4-5-10(9(12)7-8)18(14,15)16/h4-5,7,12H,2-3,6H2,1H3,(H,14,15,16). The number of phenols is 1. The van der Waals surface area contributed by atoms with Crippen molar-refractivity contribution in [3.05, 3.63) is 23.8 Å². The summed E-state index contributed by atoms with van der Waals surface area (Å²) in [4.78, 5) is 10.8. The quantitative estimate of drug-likeness (QED) is 0.480. The molecule has 0 radical (unpaired) electrons. The minimum atomic E-state index is -4.50. The highest BCUT2D eigenvalue weighted by molar-refractivity contribution is 7.86. The van der Waals surface area contributed by atoms with Crippen LogP contribution in [0.4, 0.5) is 0 Å². The third-order valence-corrected chi connectivity index (χ3v) is 3.10. The van der Waals surface area contributed by atoms with Crippen molar-refractivity contribution in [1.29, 1.82) is 0 Å². The van der Waals surface area contributed by atoms with Crippen molar-refractivity contribution in [2.24, 2.45) is 0 Å². The van der Waals surface area contributed by atoms with E-state index in [1.807, 2.05) is 6.92 Å². The molecule has 0 atom stereocenters. The Morgan fingerprint density at radius 3 is 2.56 bits per heavy atom. The van der Waals surface area contributed by atoms with Gasteiger partial charge in [-0.1, -0.05) is 13.3 Å². The molecule has 0 aromatic heterocycles. The minimum Gasteiger partial charge on any atom is -0.506 e. The number of benzene rings is 1. The topological polar surface area (TPSA) is 101 Å². The number of ether oxygens (including phenoxy) is 1. The van der Waals surface area contributed by atoms with Crippen LogP contribution in [0.5, 0.6) is 5.75 Å². The number of hydrogen-bond donors (Lipinski definition) is 2. The molecule has 0 amide bonds. The molecule has 18 heavy (non-hydrogen) atoms. The van der Waals surface area contributed by atoms with E-state index in [9.17, 15) is 18.3 Å². The Labute approximate surface area is 105 Å². The first-order chi connectivity index (χ1) is 8.36. The van der Waals surface area contributed by atoms with Gasteiger partial charge in [-0.05, 0) is 24.6 Å². The maximum atomic E-state index is 11.5. The Bertz CT molecular complexity index is 534. The number of phenolic OH excluding ortho intramolecular Hbond substituents is 1. The van der Waals surface area contributed by atoms with Crippen LogP contribution >= 0.6 is 0 Å². The van der Waals surface area contributed by atoms with Crippen LogP contribution in [0.25, 0.3) is 0 Å². The normalized spacial score (nSPS) is 11.2. The number of unbranched alkanes of at least 4 members (excludes halogenated alkanes) is 1. The van der Waals surface area contributed by atoms with E-state index in [1.165, 1.54) is 0 Å². The fourth-order valence-electron chi connectivity index (χ4n) is 1.26. The molecule has 0 heterocycles. The molecule has 1 rings (SSSR count). The van der Waals surface area contributed by atoms with E-state index in [2.05, 4.69) is 0 Å². The molecule has 1 aromatic rings. The smallest absolute Gasteiger partial charge is 0.338 e. The molecule has 6 nitrogen and oxygen atoms in total. The highest BCUT2D eigenvalue weighted by Gasteiger charge is 2.17. The summed E-state index contributed by atoms with van der Waals surface area (Å²) in [5.41, 5.74) is 0.0241. The summed E-state index contributed by atoms with van der Waals surface area (Å²) in [7, 11) is -4.50. The molecule has 100 valence electrons. The fraction of sp³-hybridized carbons (Fsp3) is 0.364. The van der Waals surface area contributed by atoms with Crippen LogP contribution < -0.4 is 0 Å². The molecular formula is C11H14O6S. The lowest BCUT2D eigenvalue weighted by Crippen LogP contribution is -2.07. The average molecular weight is 274 g/mol. The fourth-order valence-corrected chi connectivity index (χ4v) is 1.82. The van der Waals surface area contributed by atoms with Crippen LogP contribution in [0.3, 0.4) is 0 Å². The Hall–Kier alpha value is -1.60. The van der Waals surface area contributed by atoms with Crippen LogP contribution in [0.1, 0.15) is 30.1 Å². The van der Waals surface area contributed by atoms with Gasteiger partial charge in [-0.15, -0.1) is 0 Å². The Morgan fingerprint density at radius 1 is 1.39 bits per heavy atom. The van der Waals surface area contributed by atoms with E-state index in [0.29, 0.717) is 0 Å². The number of rotatable bonds is 5. The highest BCUT2D eigenvalue weighted by Crippen LogP contribution is 2.23. The maximum Gasteiger partial charge on any atom is 0.338 e. The van der Waals surface area contributed by atoms with Crippen molar-refractivity contribution in [2.75, 3.05) is 6.61 Å². The molecule has 0 aliphatic heterocycles. The molecule has 1 aromatic carbocycles. The molecule has 2 N–H and O–H groups in total. The molecule has 7 heteroatoms.